The Morgan fingerprint density at radius 1 is 1.13 bits per heavy atom. The minimum absolute atomic E-state index is 0. The normalized spacial score (nSPS) is 27.5. The maximum atomic E-state index is 2.61. The van der Waals surface area contributed by atoms with Crippen LogP contribution in [0.15, 0.2) is 51.3 Å². The number of fused-ring (bicyclic) bond motifs is 1. The standard InChI is InChI=1S/C9H7.C8H11.C3H6.2ClH.Zr/c1-2-5-9-7-3-6-8(9)4-1;1-7(2)8-5-3-4-6-8;1-3-2;;;/h1-7H;5-7H,3H2,1-2H3;3H,1H2,2H3;2*1H;/q;;;;;+2/p-2. The summed E-state index contributed by atoms with van der Waals surface area (Å²) < 4.78 is 5.28. The molecule has 1 aromatic carbocycles. The molecule has 0 radical (unpaired) electrons. The molecule has 23 heavy (non-hydrogen) atoms. The maximum Gasteiger partial charge on any atom is -1.00 e. The molecule has 0 bridgehead atoms. The van der Waals surface area contributed by atoms with Crippen molar-refractivity contribution in [1.29, 1.82) is 0 Å². The fraction of sp³-hybridized carbons (Fsp3) is 0.400. The SMILES string of the molecule is CC(C)C1=CC[C]([Zr+2]2([CH]3C=Cc4ccccc43)[CH2][CH]2C)=C1.[Cl-].[Cl-]. The van der Waals surface area contributed by atoms with Crippen molar-refractivity contribution in [2.45, 2.75) is 38.6 Å². The minimum Gasteiger partial charge on any atom is -1.00 e. The molecule has 0 N–H and O–H groups in total. The van der Waals surface area contributed by atoms with E-state index in [4.69, 9.17) is 0 Å². The quantitative estimate of drug-likeness (QED) is 0.640. The van der Waals surface area contributed by atoms with Gasteiger partial charge >= 0.3 is 133 Å². The smallest absolute Gasteiger partial charge is 1.00 e. The van der Waals surface area contributed by atoms with Crippen molar-refractivity contribution in [3.05, 3.63) is 62.5 Å². The summed E-state index contributed by atoms with van der Waals surface area (Å²) in [4.78, 5) is 0. The van der Waals surface area contributed by atoms with Crippen LogP contribution in [-0.2, 0) is 20.3 Å². The van der Waals surface area contributed by atoms with Crippen LogP contribution in [0.2, 0.25) is 7.75 Å². The summed E-state index contributed by atoms with van der Waals surface area (Å²) in [6.07, 6.45) is 11.3. The number of allylic oxidation sites excluding steroid dienone is 5. The number of halogens is 2. The van der Waals surface area contributed by atoms with Gasteiger partial charge in [-0.3, -0.25) is 0 Å². The zero-order valence-corrected chi connectivity index (χ0v) is 18.0. The van der Waals surface area contributed by atoms with E-state index < -0.39 is 20.3 Å². The van der Waals surface area contributed by atoms with E-state index >= 15 is 0 Å². The van der Waals surface area contributed by atoms with Crippen LogP contribution in [0.25, 0.3) is 6.08 Å². The Kier molecular flexibility index (Phi) is 5.88. The van der Waals surface area contributed by atoms with Gasteiger partial charge in [-0.1, -0.05) is 0 Å². The molecule has 1 fully saturated rings. The molecule has 122 valence electrons. The first-order valence-electron chi connectivity index (χ1n) is 8.31. The van der Waals surface area contributed by atoms with Gasteiger partial charge in [0, 0.05) is 0 Å². The van der Waals surface area contributed by atoms with Gasteiger partial charge in [-0.05, 0) is 0 Å². The number of rotatable bonds is 3. The molecule has 0 saturated carbocycles. The summed E-state index contributed by atoms with van der Waals surface area (Å²) in [5.74, 6) is 0.686. The molecule has 3 unspecified atom stereocenters. The van der Waals surface area contributed by atoms with Gasteiger partial charge in [0.25, 0.3) is 0 Å². The van der Waals surface area contributed by atoms with Crippen LogP contribution in [0, 0.1) is 5.92 Å². The Hall–Kier alpha value is -0.0969. The molecular formula is C20H24Cl2Zr. The van der Waals surface area contributed by atoms with Crippen LogP contribution >= 0.6 is 0 Å². The zero-order chi connectivity index (χ0) is 14.6. The Bertz CT molecular complexity index is 687. The van der Waals surface area contributed by atoms with Crippen molar-refractivity contribution >= 4 is 6.08 Å². The van der Waals surface area contributed by atoms with Crippen molar-refractivity contribution in [2.24, 2.45) is 5.92 Å². The average Bonchev–Trinajstić information content (AvgIpc) is 2.91. The number of hydrogen-bond donors (Lipinski definition) is 0. The van der Waals surface area contributed by atoms with E-state index in [-0.39, 0.29) is 24.8 Å². The summed E-state index contributed by atoms with van der Waals surface area (Å²) in [6.45, 7) is 7.18. The molecule has 4 rings (SSSR count). The van der Waals surface area contributed by atoms with Gasteiger partial charge in [-0.25, -0.2) is 0 Å². The Morgan fingerprint density at radius 2 is 1.83 bits per heavy atom. The van der Waals surface area contributed by atoms with E-state index in [2.05, 4.69) is 69.3 Å². The Labute approximate surface area is 157 Å². The fourth-order valence-electron chi connectivity index (χ4n) is 4.50. The summed E-state index contributed by atoms with van der Waals surface area (Å²) in [7, 11) is 0. The van der Waals surface area contributed by atoms with E-state index in [0.29, 0.717) is 5.92 Å². The molecule has 1 aromatic rings. The van der Waals surface area contributed by atoms with E-state index in [0.717, 1.165) is 7.25 Å². The summed E-state index contributed by atoms with van der Waals surface area (Å²) in [5, 5.41) is 0. The maximum absolute atomic E-state index is 2.61. The first-order valence-corrected chi connectivity index (χ1v) is 14.1. The topological polar surface area (TPSA) is 0 Å². The predicted molar refractivity (Wildman–Crippen MR) is 88.1 cm³/mol. The van der Waals surface area contributed by atoms with Crippen LogP contribution in [-0.4, -0.2) is 0 Å². The summed E-state index contributed by atoms with van der Waals surface area (Å²) in [5.41, 5.74) is 4.71. The summed E-state index contributed by atoms with van der Waals surface area (Å²) >= 11 is -2.18. The van der Waals surface area contributed by atoms with Crippen molar-refractivity contribution in [3.63, 3.8) is 0 Å². The van der Waals surface area contributed by atoms with E-state index in [1.165, 1.54) is 12.0 Å². The molecule has 2 aliphatic carbocycles. The predicted octanol–water partition coefficient (Wildman–Crippen LogP) is 0.0267. The molecule has 0 amide bonds. The fourth-order valence-corrected chi connectivity index (χ4v) is 20.6. The van der Waals surface area contributed by atoms with E-state index in [1.807, 2.05) is 3.28 Å². The van der Waals surface area contributed by atoms with E-state index in [1.54, 1.807) is 15.3 Å². The third-order valence-corrected chi connectivity index (χ3v) is 20.3. The van der Waals surface area contributed by atoms with Crippen LogP contribution in [0.1, 0.15) is 41.9 Å². The molecule has 1 heterocycles. The molecule has 0 aromatic heterocycles. The molecule has 3 aliphatic rings. The van der Waals surface area contributed by atoms with Gasteiger partial charge in [0.15, 0.2) is 0 Å². The molecule has 1 aliphatic heterocycles. The molecule has 3 atom stereocenters. The molecule has 3 heteroatoms. The first kappa shape index (κ1) is 19.2. The van der Waals surface area contributed by atoms with Gasteiger partial charge in [0.05, 0.1) is 0 Å². The average molecular weight is 427 g/mol. The molecule has 0 nitrogen and oxygen atoms in total. The Morgan fingerprint density at radius 3 is 2.43 bits per heavy atom. The van der Waals surface area contributed by atoms with Crippen molar-refractivity contribution in [2.75, 3.05) is 0 Å². The number of hydrogen-bond acceptors (Lipinski definition) is 0. The second-order valence-corrected chi connectivity index (χ2v) is 19.0. The third-order valence-electron chi connectivity index (χ3n) is 5.88. The summed E-state index contributed by atoms with van der Waals surface area (Å²) in [6, 6.07) is 9.08. The van der Waals surface area contributed by atoms with Crippen LogP contribution in [0.4, 0.5) is 0 Å². The largest absolute Gasteiger partial charge is 1.00 e. The van der Waals surface area contributed by atoms with Crippen LogP contribution < -0.4 is 24.8 Å². The molecular weight excluding hydrogens is 402 g/mol. The first-order chi connectivity index (χ1) is 10.1. The third kappa shape index (κ3) is 2.99. The van der Waals surface area contributed by atoms with Gasteiger partial charge in [0.1, 0.15) is 0 Å². The van der Waals surface area contributed by atoms with Gasteiger partial charge < -0.3 is 24.8 Å². The van der Waals surface area contributed by atoms with Crippen molar-refractivity contribution < 1.29 is 45.1 Å². The Balaban J connectivity index is 0.000000960. The second kappa shape index (κ2) is 7.03. The zero-order valence-electron chi connectivity index (χ0n) is 14.0. The van der Waals surface area contributed by atoms with Crippen LogP contribution in [0.3, 0.4) is 0 Å². The second-order valence-electron chi connectivity index (χ2n) is 7.34. The van der Waals surface area contributed by atoms with Gasteiger partial charge in [0.2, 0.25) is 0 Å². The molecule has 0 spiro atoms. The van der Waals surface area contributed by atoms with Crippen LogP contribution in [0.5, 0.6) is 0 Å². The molecule has 1 saturated heterocycles. The number of benzene rings is 1. The van der Waals surface area contributed by atoms with Gasteiger partial charge in [-0.15, -0.1) is 0 Å². The monoisotopic (exact) mass is 424 g/mol. The van der Waals surface area contributed by atoms with Gasteiger partial charge in [-0.2, -0.15) is 0 Å². The minimum atomic E-state index is -2.18. The van der Waals surface area contributed by atoms with Crippen molar-refractivity contribution in [3.8, 4) is 0 Å². The van der Waals surface area contributed by atoms with E-state index in [9.17, 15) is 0 Å². The van der Waals surface area contributed by atoms with Crippen molar-refractivity contribution in [1.82, 2.24) is 0 Å².